The van der Waals surface area contributed by atoms with Crippen molar-refractivity contribution >= 4 is 0 Å². The van der Waals surface area contributed by atoms with Crippen LogP contribution >= 0.6 is 0 Å². The molecule has 330 valence electrons. The summed E-state index contributed by atoms with van der Waals surface area (Å²) in [7, 11) is 0. The molecule has 3 aromatic heterocycles. The third-order valence-electron chi connectivity index (χ3n) is 10.6. The Hall–Kier alpha value is -1.30. The van der Waals surface area contributed by atoms with Crippen LogP contribution in [0.2, 0.25) is 0 Å². The third-order valence-corrected chi connectivity index (χ3v) is 10.6. The highest BCUT2D eigenvalue weighted by atomic mass is 79.9. The molecular formula is C51H90Br2ClN3. The second kappa shape index (κ2) is 50.8. The molecule has 0 aromatic carbocycles. The molecule has 3 heterocycles. The minimum absolute atomic E-state index is 0. The lowest BCUT2D eigenvalue weighted by Crippen LogP contribution is -3.00. The predicted octanol–water partition coefficient (Wildman–Crippen LogP) is 5.70. The molecule has 0 amide bonds. The van der Waals surface area contributed by atoms with E-state index in [4.69, 9.17) is 0 Å². The Morgan fingerprint density at radius 2 is 0.404 bits per heavy atom. The Morgan fingerprint density at radius 3 is 0.614 bits per heavy atom. The number of nitrogens with zero attached hydrogens (tertiary/aromatic N) is 3. The second-order valence-corrected chi connectivity index (χ2v) is 15.9. The number of aryl methyl sites for hydroxylation is 3. The van der Waals surface area contributed by atoms with Crippen molar-refractivity contribution in [2.45, 2.75) is 233 Å². The summed E-state index contributed by atoms with van der Waals surface area (Å²) in [5.74, 6) is 0. The van der Waals surface area contributed by atoms with E-state index in [0.717, 1.165) is 6.54 Å². The van der Waals surface area contributed by atoms with E-state index in [9.17, 15) is 0 Å². The zero-order chi connectivity index (χ0) is 38.7. The molecular weight excluding hydrogens is 850 g/mol. The lowest BCUT2D eigenvalue weighted by molar-refractivity contribution is -0.697. The largest absolute Gasteiger partial charge is 1.00 e. The van der Waals surface area contributed by atoms with Crippen LogP contribution in [0.1, 0.15) is 213 Å². The lowest BCUT2D eigenvalue weighted by Gasteiger charge is -2.02. The zero-order valence-corrected chi connectivity index (χ0v) is 41.4. The van der Waals surface area contributed by atoms with Crippen LogP contribution in [0.5, 0.6) is 0 Å². The average Bonchev–Trinajstić information content (AvgIpc) is 3.22. The van der Waals surface area contributed by atoms with Gasteiger partial charge in [0, 0.05) is 55.7 Å². The van der Waals surface area contributed by atoms with E-state index in [-0.39, 0.29) is 46.4 Å². The maximum Gasteiger partial charge on any atom is 0.168 e. The van der Waals surface area contributed by atoms with Gasteiger partial charge in [0.1, 0.15) is 19.6 Å². The molecule has 0 saturated heterocycles. The highest BCUT2D eigenvalue weighted by Crippen LogP contribution is 2.14. The van der Waals surface area contributed by atoms with Gasteiger partial charge in [0.2, 0.25) is 0 Å². The third kappa shape index (κ3) is 44.1. The highest BCUT2D eigenvalue weighted by Gasteiger charge is 2.00. The number of hydrogen-bond acceptors (Lipinski definition) is 0. The molecule has 3 rings (SSSR count). The number of unbranched alkanes of at least 4 members (excludes halogenated alkanes) is 27. The Bertz CT molecular complexity index is 1040. The zero-order valence-electron chi connectivity index (χ0n) is 37.5. The first-order chi connectivity index (χ1) is 26.8. The van der Waals surface area contributed by atoms with Crippen molar-refractivity contribution in [3.63, 3.8) is 0 Å². The van der Waals surface area contributed by atoms with Crippen LogP contribution < -0.4 is 60.1 Å². The summed E-state index contributed by atoms with van der Waals surface area (Å²) in [6.45, 7) is 10.3. The molecule has 0 fully saturated rings. The van der Waals surface area contributed by atoms with Gasteiger partial charge in [0.25, 0.3) is 0 Å². The molecule has 0 aliphatic rings. The van der Waals surface area contributed by atoms with E-state index in [0.29, 0.717) is 0 Å². The van der Waals surface area contributed by atoms with Crippen LogP contribution in [0, 0.1) is 0 Å². The first kappa shape index (κ1) is 60.0. The predicted molar refractivity (Wildman–Crippen MR) is 235 cm³/mol. The minimum atomic E-state index is 0. The van der Waals surface area contributed by atoms with E-state index in [1.807, 2.05) is 6.07 Å². The molecule has 0 aliphatic carbocycles. The summed E-state index contributed by atoms with van der Waals surface area (Å²) in [5.41, 5.74) is 0. The normalized spacial score (nSPS) is 10.2. The maximum atomic E-state index is 2.29. The fourth-order valence-electron chi connectivity index (χ4n) is 7.07. The molecule has 3 aromatic rings. The average molecular weight is 941 g/mol. The molecule has 0 aliphatic heterocycles. The smallest absolute Gasteiger partial charge is 0.168 e. The van der Waals surface area contributed by atoms with E-state index in [1.54, 1.807) is 0 Å². The van der Waals surface area contributed by atoms with Crippen LogP contribution in [-0.4, -0.2) is 0 Å². The molecule has 6 heteroatoms. The van der Waals surface area contributed by atoms with Gasteiger partial charge in [-0.2, -0.15) is 0 Å². The van der Waals surface area contributed by atoms with Gasteiger partial charge < -0.3 is 46.4 Å². The van der Waals surface area contributed by atoms with E-state index < -0.39 is 0 Å². The molecule has 0 atom stereocenters. The monoisotopic (exact) mass is 938 g/mol. The van der Waals surface area contributed by atoms with Crippen molar-refractivity contribution in [2.24, 2.45) is 0 Å². The van der Waals surface area contributed by atoms with Gasteiger partial charge in [-0.3, -0.25) is 0 Å². The fraction of sp³-hybridized carbons (Fsp3) is 0.706. The molecule has 3 nitrogen and oxygen atoms in total. The van der Waals surface area contributed by atoms with Crippen LogP contribution in [0.3, 0.4) is 0 Å². The molecule has 0 N–H and O–H groups in total. The van der Waals surface area contributed by atoms with Gasteiger partial charge in [0.15, 0.2) is 37.2 Å². The minimum Gasteiger partial charge on any atom is -1.00 e. The standard InChI is InChI=1S/2C21H38N.C9H14N.2BrH.ClH/c2*1-2-3-4-5-6-7-8-9-10-11-12-13-14-16-19-22-20-17-15-18-21-22;1-2-3-7-10-8-5-4-6-9-10;;;/h2*15,17-18,20-21H,2-14,16,19H2,1H3;4-6,8-9H,2-3,7H2,1H3;3*1H/q3*+1;;;/p-3. The first-order valence-electron chi connectivity index (χ1n) is 23.6. The van der Waals surface area contributed by atoms with Gasteiger partial charge >= 0.3 is 0 Å². The fourth-order valence-corrected chi connectivity index (χ4v) is 7.07. The summed E-state index contributed by atoms with van der Waals surface area (Å²) >= 11 is 0. The highest BCUT2D eigenvalue weighted by molar-refractivity contribution is 4.84. The van der Waals surface area contributed by atoms with E-state index in [1.165, 1.54) is 206 Å². The number of halogens is 3. The summed E-state index contributed by atoms with van der Waals surface area (Å²) < 4.78 is 6.80. The summed E-state index contributed by atoms with van der Waals surface area (Å²) in [4.78, 5) is 0. The molecule has 0 saturated carbocycles. The first-order valence-corrected chi connectivity index (χ1v) is 23.6. The Labute approximate surface area is 382 Å². The number of rotatable bonds is 33. The van der Waals surface area contributed by atoms with Gasteiger partial charge in [-0.1, -0.05) is 199 Å². The topological polar surface area (TPSA) is 11.6 Å². The van der Waals surface area contributed by atoms with Crippen molar-refractivity contribution in [3.05, 3.63) is 91.8 Å². The van der Waals surface area contributed by atoms with E-state index >= 15 is 0 Å². The number of pyridine rings is 3. The van der Waals surface area contributed by atoms with Crippen molar-refractivity contribution in [1.82, 2.24) is 0 Å². The van der Waals surface area contributed by atoms with Crippen LogP contribution in [0.15, 0.2) is 91.8 Å². The van der Waals surface area contributed by atoms with Gasteiger partial charge in [-0.25, -0.2) is 13.7 Å². The van der Waals surface area contributed by atoms with E-state index in [2.05, 4.69) is 120 Å². The van der Waals surface area contributed by atoms with Crippen LogP contribution in [-0.2, 0) is 19.6 Å². The Morgan fingerprint density at radius 1 is 0.228 bits per heavy atom. The maximum absolute atomic E-state index is 2.29. The summed E-state index contributed by atoms with van der Waals surface area (Å²) in [6.07, 6.45) is 55.6. The molecule has 0 spiro atoms. The Balaban J connectivity index is -0.000000794. The SMILES string of the molecule is CCCCCCCCCCCCCCCC[n+]1ccccc1.CCCCCCCCCCCCCCCC[n+]1ccccc1.CCCC[n+]1ccccc1.[Br-].[Br-].[Cl-]. The summed E-state index contributed by atoms with van der Waals surface area (Å²) in [6, 6.07) is 18.8. The number of aromatic nitrogens is 3. The van der Waals surface area contributed by atoms with Crippen LogP contribution in [0.4, 0.5) is 0 Å². The molecule has 0 radical (unpaired) electrons. The summed E-state index contributed by atoms with van der Waals surface area (Å²) in [5, 5.41) is 0. The van der Waals surface area contributed by atoms with Gasteiger partial charge in [-0.05, 0) is 12.8 Å². The van der Waals surface area contributed by atoms with Crippen molar-refractivity contribution in [1.29, 1.82) is 0 Å². The quantitative estimate of drug-likeness (QED) is 0.0550. The Kier molecular flexibility index (Phi) is 53.5. The van der Waals surface area contributed by atoms with Gasteiger partial charge in [0.05, 0.1) is 0 Å². The second-order valence-electron chi connectivity index (χ2n) is 15.9. The number of hydrogen-bond donors (Lipinski definition) is 0. The molecule has 0 unspecified atom stereocenters. The van der Waals surface area contributed by atoms with Gasteiger partial charge in [-0.15, -0.1) is 0 Å². The lowest BCUT2D eigenvalue weighted by atomic mass is 10.0. The van der Waals surface area contributed by atoms with Crippen molar-refractivity contribution < 1.29 is 60.1 Å². The van der Waals surface area contributed by atoms with Crippen molar-refractivity contribution in [3.8, 4) is 0 Å². The van der Waals surface area contributed by atoms with Crippen LogP contribution in [0.25, 0.3) is 0 Å². The molecule has 57 heavy (non-hydrogen) atoms. The molecule has 0 bridgehead atoms. The van der Waals surface area contributed by atoms with Crippen molar-refractivity contribution in [2.75, 3.05) is 0 Å².